The molecule has 1 aliphatic rings. The van der Waals surface area contributed by atoms with E-state index in [4.69, 9.17) is 21.1 Å². The number of rotatable bonds is 4. The van der Waals surface area contributed by atoms with E-state index in [0.717, 1.165) is 16.0 Å². The van der Waals surface area contributed by atoms with Gasteiger partial charge in [0.25, 0.3) is 5.56 Å². The summed E-state index contributed by atoms with van der Waals surface area (Å²) in [5, 5.41) is 14.2. The smallest absolute Gasteiger partial charge is 0.404 e. The molecule has 1 aliphatic heterocycles. The van der Waals surface area contributed by atoms with Crippen molar-refractivity contribution in [2.45, 2.75) is 24.0 Å². The van der Waals surface area contributed by atoms with Gasteiger partial charge in [-0.05, 0) is 30.7 Å². The number of thioether (sulfide) groups is 1. The number of aryl methyl sites for hydroxylation is 2. The fourth-order valence-corrected chi connectivity index (χ4v) is 6.81. The topological polar surface area (TPSA) is 124 Å². The van der Waals surface area contributed by atoms with Crippen LogP contribution in [0.5, 0.6) is 0 Å². The number of nitrogens with one attached hydrogen (secondary N) is 1. The first-order valence-corrected chi connectivity index (χ1v) is 12.5. The molecule has 0 saturated heterocycles. The Balaban J connectivity index is 1.87. The molecule has 0 bridgehead atoms. The average molecular weight is 522 g/mol. The Kier molecular flexibility index (Phi) is 5.61. The van der Waals surface area contributed by atoms with Gasteiger partial charge in [0.2, 0.25) is 0 Å². The minimum absolute atomic E-state index is 0.181. The minimum Gasteiger partial charge on any atom is -0.465 e. The molecule has 4 aromatic rings. The number of furan rings is 1. The van der Waals surface area contributed by atoms with Gasteiger partial charge in [-0.3, -0.25) is 13.9 Å². The molecular weight excluding hydrogens is 502 g/mol. The fraction of sp³-hybridized carbons (Fsp3) is 0.333. The summed E-state index contributed by atoms with van der Waals surface area (Å²) in [5.74, 6) is 0.547. The maximum Gasteiger partial charge on any atom is 0.404 e. The molecule has 178 valence electrons. The molecule has 0 spiro atoms. The Morgan fingerprint density at radius 2 is 2.09 bits per heavy atom. The van der Waals surface area contributed by atoms with Crippen LogP contribution in [0.15, 0.2) is 31.5 Å². The summed E-state index contributed by atoms with van der Waals surface area (Å²) < 4.78 is 10.3. The zero-order valence-corrected chi connectivity index (χ0v) is 20.8. The zero-order valence-electron chi connectivity index (χ0n) is 18.4. The van der Waals surface area contributed by atoms with E-state index >= 15 is 0 Å². The van der Waals surface area contributed by atoms with E-state index in [0.29, 0.717) is 33.9 Å². The minimum atomic E-state index is -1.12. The number of fused-ring (bicyclic) bond motifs is 3. The van der Waals surface area contributed by atoms with Gasteiger partial charge < -0.3 is 19.4 Å². The largest absolute Gasteiger partial charge is 0.465 e. The molecule has 0 fully saturated rings. The molecule has 34 heavy (non-hydrogen) atoms. The highest BCUT2D eigenvalue weighted by molar-refractivity contribution is 8.00. The molecule has 0 unspecified atom stereocenters. The highest BCUT2D eigenvalue weighted by Crippen LogP contribution is 2.49. The monoisotopic (exact) mass is 521 g/mol. The molecule has 2 atom stereocenters. The number of amides is 1. The SMILES string of the molecule is Cc1csc(-c2c3c(=O)n(C)c(=O)n(C)c3c3n2C[C@@H](CNC(=O)O)S[C@@H]3c2ccc(Cl)o2)n1. The predicted molar refractivity (Wildman–Crippen MR) is 131 cm³/mol. The van der Waals surface area contributed by atoms with Crippen LogP contribution in [-0.4, -0.2) is 41.7 Å². The number of nitrogens with zero attached hydrogens (tertiary/aromatic N) is 4. The number of hydrogen-bond acceptors (Lipinski definition) is 7. The molecular formula is C21H20ClN5O5S2. The van der Waals surface area contributed by atoms with Crippen LogP contribution in [0, 0.1) is 6.92 Å². The van der Waals surface area contributed by atoms with Gasteiger partial charge in [0.15, 0.2) is 5.22 Å². The van der Waals surface area contributed by atoms with Gasteiger partial charge in [-0.25, -0.2) is 14.6 Å². The number of thiazole rings is 1. The molecule has 2 N–H and O–H groups in total. The maximum absolute atomic E-state index is 13.4. The molecule has 0 radical (unpaired) electrons. The first kappa shape index (κ1) is 22.8. The van der Waals surface area contributed by atoms with Crippen molar-refractivity contribution in [2.24, 2.45) is 14.1 Å². The number of carboxylic acid groups (broad SMARTS) is 1. The Morgan fingerprint density at radius 3 is 2.71 bits per heavy atom. The second kappa shape index (κ2) is 8.36. The second-order valence-corrected chi connectivity index (χ2v) is 10.7. The molecule has 0 aromatic carbocycles. The van der Waals surface area contributed by atoms with Gasteiger partial charge in [0.05, 0.1) is 22.3 Å². The van der Waals surface area contributed by atoms with Gasteiger partial charge in [0, 0.05) is 43.5 Å². The third-order valence-corrected chi connectivity index (χ3v) is 8.42. The Bertz CT molecular complexity index is 1560. The fourth-order valence-electron chi connectivity index (χ4n) is 4.37. The molecule has 1 amide bonds. The van der Waals surface area contributed by atoms with E-state index in [1.807, 2.05) is 16.9 Å². The van der Waals surface area contributed by atoms with Gasteiger partial charge in [-0.1, -0.05) is 0 Å². The summed E-state index contributed by atoms with van der Waals surface area (Å²) in [6.07, 6.45) is -1.12. The van der Waals surface area contributed by atoms with E-state index < -0.39 is 22.6 Å². The van der Waals surface area contributed by atoms with Crippen LogP contribution in [0.1, 0.15) is 22.4 Å². The third-order valence-electron chi connectivity index (χ3n) is 5.82. The van der Waals surface area contributed by atoms with E-state index in [-0.39, 0.29) is 17.0 Å². The predicted octanol–water partition coefficient (Wildman–Crippen LogP) is 3.19. The van der Waals surface area contributed by atoms with Crippen molar-refractivity contribution in [3.05, 3.63) is 60.7 Å². The van der Waals surface area contributed by atoms with Gasteiger partial charge >= 0.3 is 11.8 Å². The van der Waals surface area contributed by atoms with Crippen molar-refractivity contribution < 1.29 is 14.3 Å². The third kappa shape index (κ3) is 3.56. The first-order valence-electron chi connectivity index (χ1n) is 10.3. The Morgan fingerprint density at radius 1 is 1.32 bits per heavy atom. The van der Waals surface area contributed by atoms with Gasteiger partial charge in [-0.15, -0.1) is 23.1 Å². The van der Waals surface area contributed by atoms with Crippen LogP contribution in [0.25, 0.3) is 21.6 Å². The molecule has 0 saturated carbocycles. The normalized spacial score (nSPS) is 17.8. The summed E-state index contributed by atoms with van der Waals surface area (Å²) >= 11 is 8.99. The van der Waals surface area contributed by atoms with E-state index in [1.54, 1.807) is 19.2 Å². The van der Waals surface area contributed by atoms with E-state index in [2.05, 4.69) is 10.3 Å². The lowest BCUT2D eigenvalue weighted by Gasteiger charge is -2.31. The summed E-state index contributed by atoms with van der Waals surface area (Å²) in [4.78, 5) is 42.2. The molecule has 13 heteroatoms. The number of hydrogen-bond donors (Lipinski definition) is 2. The summed E-state index contributed by atoms with van der Waals surface area (Å²) in [7, 11) is 3.09. The lowest BCUT2D eigenvalue weighted by atomic mass is 10.2. The van der Waals surface area contributed by atoms with Crippen LogP contribution >= 0.6 is 34.7 Å². The van der Waals surface area contributed by atoms with Crippen molar-refractivity contribution in [1.29, 1.82) is 0 Å². The molecule has 5 rings (SSSR count). The summed E-state index contributed by atoms with van der Waals surface area (Å²) in [6.45, 7) is 2.47. The average Bonchev–Trinajstić information content (AvgIpc) is 3.50. The van der Waals surface area contributed by atoms with Crippen LogP contribution in [0.4, 0.5) is 4.79 Å². The molecule has 5 heterocycles. The highest BCUT2D eigenvalue weighted by atomic mass is 35.5. The van der Waals surface area contributed by atoms with Crippen LogP contribution in [0.3, 0.4) is 0 Å². The van der Waals surface area contributed by atoms with Crippen molar-refractivity contribution in [3.63, 3.8) is 0 Å². The highest BCUT2D eigenvalue weighted by Gasteiger charge is 2.38. The Hall–Kier alpha value is -2.96. The zero-order chi connectivity index (χ0) is 24.3. The maximum atomic E-state index is 13.4. The number of halogens is 1. The summed E-state index contributed by atoms with van der Waals surface area (Å²) in [6, 6.07) is 3.39. The molecule has 10 nitrogen and oxygen atoms in total. The first-order chi connectivity index (χ1) is 16.2. The van der Waals surface area contributed by atoms with Crippen molar-refractivity contribution >= 4 is 51.7 Å². The number of aromatic nitrogens is 4. The van der Waals surface area contributed by atoms with Crippen LogP contribution in [-0.2, 0) is 20.6 Å². The van der Waals surface area contributed by atoms with Crippen molar-refractivity contribution in [2.75, 3.05) is 6.54 Å². The lowest BCUT2D eigenvalue weighted by Crippen LogP contribution is -2.37. The summed E-state index contributed by atoms with van der Waals surface area (Å²) in [5.41, 5.74) is 1.80. The number of carbonyl (C=O) groups is 1. The van der Waals surface area contributed by atoms with Gasteiger partial charge in [-0.2, -0.15) is 0 Å². The van der Waals surface area contributed by atoms with Gasteiger partial charge in [0.1, 0.15) is 16.0 Å². The quantitative estimate of drug-likeness (QED) is 0.422. The lowest BCUT2D eigenvalue weighted by molar-refractivity contribution is 0.194. The van der Waals surface area contributed by atoms with E-state index in [9.17, 15) is 14.4 Å². The molecule has 4 aromatic heterocycles. The molecule has 0 aliphatic carbocycles. The Labute approximate surface area is 205 Å². The van der Waals surface area contributed by atoms with Crippen LogP contribution in [0.2, 0.25) is 5.22 Å². The van der Waals surface area contributed by atoms with E-state index in [1.165, 1.54) is 34.7 Å². The van der Waals surface area contributed by atoms with Crippen molar-refractivity contribution in [3.8, 4) is 10.7 Å². The van der Waals surface area contributed by atoms with Crippen LogP contribution < -0.4 is 16.6 Å². The standard InChI is InChI=1S/C21H20ClN5O5S2/c1-9-8-33-18(24-9)15-13-14(25(2)21(31)26(3)19(13)28)16-17(11-4-5-12(22)32-11)34-10(7-27(15)16)6-23-20(29)30/h4-5,8,10,17,23H,6-7H2,1-3H3,(H,29,30)/t10-,17-/m1/s1. The second-order valence-electron chi connectivity index (χ2n) is 8.03. The van der Waals surface area contributed by atoms with Crippen molar-refractivity contribution in [1.82, 2.24) is 24.0 Å².